The minimum Gasteiger partial charge on any atom is -0.488 e. The van der Waals surface area contributed by atoms with E-state index in [0.29, 0.717) is 26.0 Å². The SMILES string of the molecule is CC1=C(COc2ccc3oc(C)cc3c2)SCN1CC1(F)CC1. The zero-order chi connectivity index (χ0) is 16.0. The van der Waals surface area contributed by atoms with Crippen LogP contribution in [0.1, 0.15) is 25.5 Å². The van der Waals surface area contributed by atoms with Crippen LogP contribution in [0, 0.1) is 6.92 Å². The Bertz CT molecular complexity index is 778. The van der Waals surface area contributed by atoms with Gasteiger partial charge >= 0.3 is 0 Å². The maximum atomic E-state index is 13.9. The first-order valence-corrected chi connectivity index (χ1v) is 8.90. The van der Waals surface area contributed by atoms with E-state index in [1.165, 1.54) is 4.91 Å². The number of hydrogen-bond acceptors (Lipinski definition) is 4. The van der Waals surface area contributed by atoms with Crippen LogP contribution in [-0.2, 0) is 0 Å². The maximum absolute atomic E-state index is 13.9. The van der Waals surface area contributed by atoms with Crippen molar-refractivity contribution in [2.24, 2.45) is 0 Å². The molecule has 1 aromatic carbocycles. The summed E-state index contributed by atoms with van der Waals surface area (Å²) in [6.45, 7) is 5.06. The van der Waals surface area contributed by atoms with Crippen molar-refractivity contribution in [2.45, 2.75) is 32.4 Å². The predicted octanol–water partition coefficient (Wildman–Crippen LogP) is 4.86. The normalized spacial score (nSPS) is 19.7. The van der Waals surface area contributed by atoms with Crippen LogP contribution in [0.5, 0.6) is 5.75 Å². The molecule has 2 aliphatic rings. The Morgan fingerprint density at radius 2 is 2.13 bits per heavy atom. The van der Waals surface area contributed by atoms with E-state index < -0.39 is 5.67 Å². The second-order valence-electron chi connectivity index (χ2n) is 6.48. The Labute approximate surface area is 139 Å². The summed E-state index contributed by atoms with van der Waals surface area (Å²) in [7, 11) is 0. The van der Waals surface area contributed by atoms with E-state index in [4.69, 9.17) is 9.15 Å². The number of fused-ring (bicyclic) bond motifs is 1. The van der Waals surface area contributed by atoms with Gasteiger partial charge in [0.2, 0.25) is 0 Å². The Kier molecular flexibility index (Phi) is 3.56. The van der Waals surface area contributed by atoms with Gasteiger partial charge in [-0.15, -0.1) is 11.8 Å². The Balaban J connectivity index is 1.43. The second-order valence-corrected chi connectivity index (χ2v) is 7.52. The molecule has 2 aromatic rings. The lowest BCUT2D eigenvalue weighted by Gasteiger charge is -2.21. The molecule has 1 aromatic heterocycles. The van der Waals surface area contributed by atoms with E-state index in [0.717, 1.165) is 34.1 Å². The summed E-state index contributed by atoms with van der Waals surface area (Å²) in [6, 6.07) is 7.88. The van der Waals surface area contributed by atoms with Crippen molar-refractivity contribution in [3.8, 4) is 5.75 Å². The molecular formula is C18H20FNO2S. The van der Waals surface area contributed by atoms with E-state index >= 15 is 0 Å². The topological polar surface area (TPSA) is 25.6 Å². The van der Waals surface area contributed by atoms with Crippen molar-refractivity contribution in [3.05, 3.63) is 40.6 Å². The first-order valence-electron chi connectivity index (χ1n) is 7.92. The van der Waals surface area contributed by atoms with Crippen LogP contribution in [0.2, 0.25) is 0 Å². The molecule has 122 valence electrons. The number of alkyl halides is 1. The molecule has 2 heterocycles. The summed E-state index contributed by atoms with van der Waals surface area (Å²) in [5.41, 5.74) is 1.09. The number of halogens is 1. The van der Waals surface area contributed by atoms with Crippen LogP contribution in [-0.4, -0.2) is 29.6 Å². The quantitative estimate of drug-likeness (QED) is 0.780. The summed E-state index contributed by atoms with van der Waals surface area (Å²) in [4.78, 5) is 3.33. The van der Waals surface area contributed by atoms with Crippen molar-refractivity contribution in [1.82, 2.24) is 4.90 Å². The van der Waals surface area contributed by atoms with Gasteiger partial charge in [-0.2, -0.15) is 0 Å². The highest BCUT2D eigenvalue weighted by atomic mass is 32.2. The molecule has 3 nitrogen and oxygen atoms in total. The van der Waals surface area contributed by atoms with Crippen molar-refractivity contribution in [3.63, 3.8) is 0 Å². The van der Waals surface area contributed by atoms with Crippen molar-refractivity contribution < 1.29 is 13.5 Å². The van der Waals surface area contributed by atoms with Gasteiger partial charge in [0.15, 0.2) is 0 Å². The molecule has 0 radical (unpaired) electrons. The van der Waals surface area contributed by atoms with Crippen LogP contribution in [0.4, 0.5) is 4.39 Å². The third-order valence-electron chi connectivity index (χ3n) is 4.52. The Morgan fingerprint density at radius 3 is 2.91 bits per heavy atom. The first-order chi connectivity index (χ1) is 11.0. The highest BCUT2D eigenvalue weighted by Gasteiger charge is 2.45. The molecule has 1 fully saturated rings. The van der Waals surface area contributed by atoms with E-state index in [9.17, 15) is 4.39 Å². The summed E-state index contributed by atoms with van der Waals surface area (Å²) >= 11 is 1.75. The zero-order valence-corrected chi connectivity index (χ0v) is 14.2. The zero-order valence-electron chi connectivity index (χ0n) is 13.4. The first kappa shape index (κ1) is 14.9. The number of furan rings is 1. The molecule has 1 aliphatic carbocycles. The molecule has 1 saturated carbocycles. The summed E-state index contributed by atoms with van der Waals surface area (Å²) in [6.07, 6.45) is 1.41. The van der Waals surface area contributed by atoms with Gasteiger partial charge in [0.25, 0.3) is 0 Å². The van der Waals surface area contributed by atoms with E-state index in [-0.39, 0.29) is 0 Å². The van der Waals surface area contributed by atoms with Gasteiger partial charge in [0.05, 0.1) is 12.4 Å². The summed E-state index contributed by atoms with van der Waals surface area (Å²) in [5, 5.41) is 1.06. The number of thioether (sulfide) groups is 1. The largest absolute Gasteiger partial charge is 0.488 e. The molecule has 1 aliphatic heterocycles. The lowest BCUT2D eigenvalue weighted by Crippen LogP contribution is -2.27. The Hall–Kier alpha value is -1.62. The van der Waals surface area contributed by atoms with Gasteiger partial charge in [-0.3, -0.25) is 0 Å². The van der Waals surface area contributed by atoms with Crippen LogP contribution in [0.3, 0.4) is 0 Å². The third kappa shape index (κ3) is 3.07. The summed E-state index contributed by atoms with van der Waals surface area (Å²) in [5.74, 6) is 2.57. The van der Waals surface area contributed by atoms with Crippen LogP contribution < -0.4 is 4.74 Å². The molecule has 0 spiro atoms. The highest BCUT2D eigenvalue weighted by molar-refractivity contribution is 8.03. The average molecular weight is 333 g/mol. The average Bonchev–Trinajstić information content (AvgIpc) is 2.97. The molecule has 0 saturated heterocycles. The van der Waals surface area contributed by atoms with Crippen molar-refractivity contribution in [1.29, 1.82) is 0 Å². The smallest absolute Gasteiger partial charge is 0.134 e. The molecule has 0 bridgehead atoms. The van der Waals surface area contributed by atoms with E-state index in [1.54, 1.807) is 11.8 Å². The molecular weight excluding hydrogens is 313 g/mol. The van der Waals surface area contributed by atoms with E-state index in [1.807, 2.05) is 31.2 Å². The van der Waals surface area contributed by atoms with E-state index in [2.05, 4.69) is 11.8 Å². The number of ether oxygens (including phenoxy) is 1. The second kappa shape index (κ2) is 5.48. The standard InChI is InChI=1S/C18H20FNO2S/c1-12-7-14-8-15(3-4-16(14)22-12)21-9-17-13(2)20(11-23-17)10-18(19)5-6-18/h3-4,7-8H,5-6,9-11H2,1-2H3. The molecule has 4 rings (SSSR count). The molecule has 0 amide bonds. The fraction of sp³-hybridized carbons (Fsp3) is 0.444. The van der Waals surface area contributed by atoms with Crippen molar-refractivity contribution >= 4 is 22.7 Å². The minimum absolute atomic E-state index is 0.523. The summed E-state index contributed by atoms with van der Waals surface area (Å²) < 4.78 is 25.4. The van der Waals surface area contributed by atoms with Gasteiger partial charge in [-0.1, -0.05) is 0 Å². The minimum atomic E-state index is -0.942. The van der Waals surface area contributed by atoms with Gasteiger partial charge in [-0.05, 0) is 51.0 Å². The van der Waals surface area contributed by atoms with Crippen LogP contribution in [0.15, 0.2) is 39.3 Å². The monoisotopic (exact) mass is 333 g/mol. The fourth-order valence-electron chi connectivity index (χ4n) is 2.87. The third-order valence-corrected chi connectivity index (χ3v) is 5.72. The highest BCUT2D eigenvalue weighted by Crippen LogP contribution is 2.43. The van der Waals surface area contributed by atoms with Crippen LogP contribution in [0.25, 0.3) is 11.0 Å². The molecule has 23 heavy (non-hydrogen) atoms. The number of nitrogens with zero attached hydrogens (tertiary/aromatic N) is 1. The van der Waals surface area contributed by atoms with Gasteiger partial charge in [0, 0.05) is 16.0 Å². The van der Waals surface area contributed by atoms with Gasteiger partial charge < -0.3 is 14.1 Å². The Morgan fingerprint density at radius 1 is 1.30 bits per heavy atom. The van der Waals surface area contributed by atoms with Crippen LogP contribution >= 0.6 is 11.8 Å². The molecule has 0 N–H and O–H groups in total. The lowest BCUT2D eigenvalue weighted by atomic mass is 10.2. The number of benzene rings is 1. The molecule has 0 unspecified atom stereocenters. The predicted molar refractivity (Wildman–Crippen MR) is 91.4 cm³/mol. The fourth-order valence-corrected chi connectivity index (χ4v) is 3.95. The van der Waals surface area contributed by atoms with Gasteiger partial charge in [-0.25, -0.2) is 4.39 Å². The number of aryl methyl sites for hydroxylation is 1. The molecule has 5 heteroatoms. The van der Waals surface area contributed by atoms with Crippen molar-refractivity contribution in [2.75, 3.05) is 19.0 Å². The number of hydrogen-bond donors (Lipinski definition) is 0. The molecule has 0 atom stereocenters. The maximum Gasteiger partial charge on any atom is 0.134 e. The van der Waals surface area contributed by atoms with Gasteiger partial charge in [0.1, 0.15) is 29.4 Å². The lowest BCUT2D eigenvalue weighted by molar-refractivity contribution is 0.227. The number of allylic oxidation sites excluding steroid dienone is 1. The number of rotatable bonds is 5.